The van der Waals surface area contributed by atoms with Crippen LogP contribution in [-0.2, 0) is 11.3 Å². The van der Waals surface area contributed by atoms with Crippen LogP contribution in [-0.4, -0.2) is 40.9 Å². The summed E-state index contributed by atoms with van der Waals surface area (Å²) in [5.74, 6) is 1.08. The number of carbonyl (C=O) groups is 1. The molecule has 0 aromatic carbocycles. The van der Waals surface area contributed by atoms with Crippen LogP contribution in [0.15, 0.2) is 16.5 Å². The number of furan rings is 1. The second-order valence-corrected chi connectivity index (χ2v) is 5.51. The molecule has 1 aromatic heterocycles. The highest BCUT2D eigenvalue weighted by molar-refractivity contribution is 6.28. The molecule has 3 heterocycles. The first kappa shape index (κ1) is 12.1. The van der Waals surface area contributed by atoms with Crippen molar-refractivity contribution in [1.82, 2.24) is 9.80 Å². The Morgan fingerprint density at radius 3 is 3.06 bits per heavy atom. The van der Waals surface area contributed by atoms with Crippen LogP contribution in [0.4, 0.5) is 0 Å². The summed E-state index contributed by atoms with van der Waals surface area (Å²) in [6.45, 7) is 4.49. The Kier molecular flexibility index (Phi) is 3.08. The van der Waals surface area contributed by atoms with Crippen molar-refractivity contribution in [3.05, 3.63) is 23.1 Å². The number of carbonyl (C=O) groups excluding carboxylic acids is 1. The summed E-state index contributed by atoms with van der Waals surface area (Å²) in [4.78, 5) is 16.5. The lowest BCUT2D eigenvalue weighted by Gasteiger charge is -2.41. The van der Waals surface area contributed by atoms with Gasteiger partial charge in [-0.2, -0.15) is 0 Å². The van der Waals surface area contributed by atoms with Crippen LogP contribution in [0, 0.1) is 0 Å². The van der Waals surface area contributed by atoms with Crippen molar-refractivity contribution in [3.63, 3.8) is 0 Å². The number of halogens is 1. The average Bonchev–Trinajstić information content (AvgIpc) is 2.95. The summed E-state index contributed by atoms with van der Waals surface area (Å²) < 4.78 is 5.38. The van der Waals surface area contributed by atoms with Gasteiger partial charge in [-0.25, -0.2) is 0 Å². The molecule has 0 spiro atoms. The summed E-state index contributed by atoms with van der Waals surface area (Å²) in [7, 11) is 0. The molecule has 2 aliphatic heterocycles. The standard InChI is InChI=1S/C13H17ClN2O2/c1-9-13(17)16-6-2-3-10(16)7-15(9)8-11-4-5-12(14)18-11/h4-5,9-10H,2-3,6-8H2,1H3/t9-,10-/m1/s1. The van der Waals surface area contributed by atoms with E-state index in [4.69, 9.17) is 16.0 Å². The lowest BCUT2D eigenvalue weighted by atomic mass is 10.1. The number of nitrogens with zero attached hydrogens (tertiary/aromatic N) is 2. The molecule has 0 aliphatic carbocycles. The van der Waals surface area contributed by atoms with E-state index in [-0.39, 0.29) is 11.9 Å². The molecule has 1 amide bonds. The zero-order chi connectivity index (χ0) is 12.7. The van der Waals surface area contributed by atoms with Gasteiger partial charge in [0.15, 0.2) is 5.22 Å². The predicted molar refractivity (Wildman–Crippen MR) is 68.3 cm³/mol. The quantitative estimate of drug-likeness (QED) is 0.825. The molecule has 2 atom stereocenters. The lowest BCUT2D eigenvalue weighted by molar-refractivity contribution is -0.143. The molecule has 2 saturated heterocycles. The minimum atomic E-state index is -0.0665. The van der Waals surface area contributed by atoms with E-state index in [1.54, 1.807) is 6.07 Å². The number of rotatable bonds is 2. The van der Waals surface area contributed by atoms with E-state index >= 15 is 0 Å². The third kappa shape index (κ3) is 2.04. The van der Waals surface area contributed by atoms with Crippen LogP contribution in [0.1, 0.15) is 25.5 Å². The van der Waals surface area contributed by atoms with Crippen molar-refractivity contribution < 1.29 is 9.21 Å². The molecule has 98 valence electrons. The number of hydrogen-bond donors (Lipinski definition) is 0. The molecular formula is C13H17ClN2O2. The Hall–Kier alpha value is -1.00. The third-order valence-electron chi connectivity index (χ3n) is 4.00. The van der Waals surface area contributed by atoms with Crippen LogP contribution in [0.2, 0.25) is 5.22 Å². The van der Waals surface area contributed by atoms with E-state index in [9.17, 15) is 4.79 Å². The lowest BCUT2D eigenvalue weighted by Crippen LogP contribution is -2.58. The fourth-order valence-electron chi connectivity index (χ4n) is 2.98. The Morgan fingerprint density at radius 2 is 2.33 bits per heavy atom. The Balaban J connectivity index is 1.74. The maximum absolute atomic E-state index is 12.2. The molecule has 5 heteroatoms. The van der Waals surface area contributed by atoms with Gasteiger partial charge in [-0.1, -0.05) is 0 Å². The number of fused-ring (bicyclic) bond motifs is 1. The highest BCUT2D eigenvalue weighted by Crippen LogP contribution is 2.27. The van der Waals surface area contributed by atoms with E-state index in [0.717, 1.165) is 31.7 Å². The summed E-state index contributed by atoms with van der Waals surface area (Å²) >= 11 is 5.77. The molecule has 0 unspecified atom stereocenters. The van der Waals surface area contributed by atoms with Gasteiger partial charge in [-0.3, -0.25) is 9.69 Å². The SMILES string of the molecule is C[C@@H]1C(=O)N2CCC[C@@H]2CN1Cc1ccc(Cl)o1. The van der Waals surface area contributed by atoms with Crippen molar-refractivity contribution in [2.24, 2.45) is 0 Å². The van der Waals surface area contributed by atoms with E-state index in [1.165, 1.54) is 0 Å². The molecule has 18 heavy (non-hydrogen) atoms. The monoisotopic (exact) mass is 268 g/mol. The molecular weight excluding hydrogens is 252 g/mol. The van der Waals surface area contributed by atoms with Crippen LogP contribution >= 0.6 is 11.6 Å². The van der Waals surface area contributed by atoms with Crippen molar-refractivity contribution in [2.45, 2.75) is 38.4 Å². The van der Waals surface area contributed by atoms with Gasteiger partial charge in [-0.05, 0) is 43.5 Å². The second-order valence-electron chi connectivity index (χ2n) is 5.14. The largest absolute Gasteiger partial charge is 0.448 e. The first-order chi connectivity index (χ1) is 8.65. The van der Waals surface area contributed by atoms with Crippen molar-refractivity contribution in [3.8, 4) is 0 Å². The van der Waals surface area contributed by atoms with E-state index < -0.39 is 0 Å². The molecule has 0 saturated carbocycles. The summed E-state index contributed by atoms with van der Waals surface area (Å²) in [5, 5.41) is 0.406. The third-order valence-corrected chi connectivity index (χ3v) is 4.20. The first-order valence-electron chi connectivity index (χ1n) is 6.44. The fourth-order valence-corrected chi connectivity index (χ4v) is 3.14. The minimum absolute atomic E-state index is 0.0665. The summed E-state index contributed by atoms with van der Waals surface area (Å²) in [6, 6.07) is 3.94. The van der Waals surface area contributed by atoms with Gasteiger partial charge in [-0.15, -0.1) is 0 Å². The summed E-state index contributed by atoms with van der Waals surface area (Å²) in [6.07, 6.45) is 2.25. The molecule has 0 N–H and O–H groups in total. The Labute approximate surface area is 111 Å². The molecule has 1 aromatic rings. The number of hydrogen-bond acceptors (Lipinski definition) is 3. The van der Waals surface area contributed by atoms with Crippen molar-refractivity contribution >= 4 is 17.5 Å². The maximum Gasteiger partial charge on any atom is 0.239 e. The van der Waals surface area contributed by atoms with Crippen LogP contribution < -0.4 is 0 Å². The highest BCUT2D eigenvalue weighted by atomic mass is 35.5. The zero-order valence-electron chi connectivity index (χ0n) is 10.4. The van der Waals surface area contributed by atoms with Crippen LogP contribution in [0.3, 0.4) is 0 Å². The number of amides is 1. The van der Waals surface area contributed by atoms with Gasteiger partial charge in [0.2, 0.25) is 5.91 Å². The molecule has 3 rings (SSSR count). The second kappa shape index (κ2) is 4.59. The molecule has 2 fully saturated rings. The molecule has 2 aliphatic rings. The smallest absolute Gasteiger partial charge is 0.239 e. The Bertz CT molecular complexity index is 460. The zero-order valence-corrected chi connectivity index (χ0v) is 11.2. The fraction of sp³-hybridized carbons (Fsp3) is 0.615. The number of piperazine rings is 1. The summed E-state index contributed by atoms with van der Waals surface area (Å²) in [5.41, 5.74) is 0. The molecule has 0 radical (unpaired) electrons. The van der Waals surface area contributed by atoms with Gasteiger partial charge in [0.05, 0.1) is 12.6 Å². The first-order valence-corrected chi connectivity index (χ1v) is 6.81. The van der Waals surface area contributed by atoms with Gasteiger partial charge >= 0.3 is 0 Å². The predicted octanol–water partition coefficient (Wildman–Crippen LogP) is 2.13. The van der Waals surface area contributed by atoms with E-state index in [1.807, 2.05) is 17.9 Å². The molecule has 0 bridgehead atoms. The Morgan fingerprint density at radius 1 is 1.50 bits per heavy atom. The van der Waals surface area contributed by atoms with Crippen molar-refractivity contribution in [1.29, 1.82) is 0 Å². The van der Waals surface area contributed by atoms with Crippen LogP contribution in [0.5, 0.6) is 0 Å². The maximum atomic E-state index is 12.2. The topological polar surface area (TPSA) is 36.7 Å². The molecule has 4 nitrogen and oxygen atoms in total. The van der Waals surface area contributed by atoms with Gasteiger partial charge < -0.3 is 9.32 Å². The van der Waals surface area contributed by atoms with Gasteiger partial charge in [0.25, 0.3) is 0 Å². The normalized spacial score (nSPS) is 28.8. The average molecular weight is 269 g/mol. The van der Waals surface area contributed by atoms with Gasteiger partial charge in [0, 0.05) is 19.1 Å². The minimum Gasteiger partial charge on any atom is -0.448 e. The van der Waals surface area contributed by atoms with E-state index in [0.29, 0.717) is 17.8 Å². The van der Waals surface area contributed by atoms with E-state index in [2.05, 4.69) is 4.90 Å². The van der Waals surface area contributed by atoms with Gasteiger partial charge in [0.1, 0.15) is 5.76 Å². The highest BCUT2D eigenvalue weighted by Gasteiger charge is 2.40. The van der Waals surface area contributed by atoms with Crippen molar-refractivity contribution in [2.75, 3.05) is 13.1 Å². The van der Waals surface area contributed by atoms with Crippen LogP contribution in [0.25, 0.3) is 0 Å².